The third-order valence-electron chi connectivity index (χ3n) is 4.22. The van der Waals surface area contributed by atoms with Gasteiger partial charge in [-0.25, -0.2) is 4.98 Å². The number of nitrogens with zero attached hydrogens (tertiary/aromatic N) is 3. The van der Waals surface area contributed by atoms with E-state index >= 15 is 0 Å². The van der Waals surface area contributed by atoms with E-state index in [0.29, 0.717) is 11.4 Å². The molecular formula is C20H15N5O. The minimum atomic E-state index is 0.399. The highest BCUT2D eigenvalue weighted by Gasteiger charge is 2.15. The fourth-order valence-electron chi connectivity index (χ4n) is 2.92. The number of anilines is 1. The zero-order chi connectivity index (χ0) is 18.1. The Balaban J connectivity index is 1.95. The Labute approximate surface area is 149 Å². The van der Waals surface area contributed by atoms with Crippen LogP contribution >= 0.6 is 0 Å². The minimum absolute atomic E-state index is 0.399. The van der Waals surface area contributed by atoms with Crippen molar-refractivity contribution in [1.82, 2.24) is 15.2 Å². The summed E-state index contributed by atoms with van der Waals surface area (Å²) in [5, 5.41) is 17.0. The maximum absolute atomic E-state index is 9.15. The van der Waals surface area contributed by atoms with Crippen molar-refractivity contribution in [3.05, 3.63) is 60.2 Å². The van der Waals surface area contributed by atoms with E-state index in [-0.39, 0.29) is 0 Å². The predicted octanol–water partition coefficient (Wildman–Crippen LogP) is 3.75. The molecule has 0 spiro atoms. The molecule has 0 radical (unpaired) electrons. The molecule has 2 aromatic carbocycles. The van der Waals surface area contributed by atoms with Crippen molar-refractivity contribution < 1.29 is 4.74 Å². The zero-order valence-corrected chi connectivity index (χ0v) is 14.0. The van der Waals surface area contributed by atoms with Crippen molar-refractivity contribution in [2.75, 3.05) is 12.8 Å². The molecule has 26 heavy (non-hydrogen) atoms. The summed E-state index contributed by atoms with van der Waals surface area (Å²) in [6, 6.07) is 19.0. The Morgan fingerprint density at radius 1 is 1.08 bits per heavy atom. The molecule has 0 aliphatic heterocycles. The van der Waals surface area contributed by atoms with Gasteiger partial charge in [0, 0.05) is 11.1 Å². The third-order valence-corrected chi connectivity index (χ3v) is 4.22. The van der Waals surface area contributed by atoms with Gasteiger partial charge in [-0.15, -0.1) is 0 Å². The maximum atomic E-state index is 9.15. The number of nitrogen functional groups attached to an aromatic ring is 1. The summed E-state index contributed by atoms with van der Waals surface area (Å²) in [5.74, 6) is 1.17. The van der Waals surface area contributed by atoms with Gasteiger partial charge in [0.1, 0.15) is 5.75 Å². The second-order valence-electron chi connectivity index (χ2n) is 5.81. The number of rotatable bonds is 3. The monoisotopic (exact) mass is 341 g/mol. The smallest absolute Gasteiger partial charge is 0.155 e. The molecule has 0 aliphatic carbocycles. The Kier molecular flexibility index (Phi) is 3.75. The lowest BCUT2D eigenvalue weighted by Crippen LogP contribution is -1.93. The SMILES string of the molecule is COc1ccc(-c2nc(-c3cccc(C#N)c3)cc3[nH]nc(N)c23)cc1. The fourth-order valence-corrected chi connectivity index (χ4v) is 2.92. The molecular weight excluding hydrogens is 326 g/mol. The van der Waals surface area contributed by atoms with Gasteiger partial charge < -0.3 is 10.5 Å². The average Bonchev–Trinajstić information content (AvgIpc) is 3.08. The van der Waals surface area contributed by atoms with E-state index in [1.54, 1.807) is 13.2 Å². The number of hydrogen-bond donors (Lipinski definition) is 2. The highest BCUT2D eigenvalue weighted by atomic mass is 16.5. The lowest BCUT2D eigenvalue weighted by Gasteiger charge is -2.09. The lowest BCUT2D eigenvalue weighted by molar-refractivity contribution is 0.415. The number of fused-ring (bicyclic) bond motifs is 1. The van der Waals surface area contributed by atoms with Gasteiger partial charge in [0.15, 0.2) is 5.82 Å². The number of nitriles is 1. The lowest BCUT2D eigenvalue weighted by atomic mass is 10.0. The molecule has 0 saturated heterocycles. The summed E-state index contributed by atoms with van der Waals surface area (Å²) in [7, 11) is 1.63. The molecule has 2 heterocycles. The number of methoxy groups -OCH3 is 1. The molecule has 0 saturated carbocycles. The minimum Gasteiger partial charge on any atom is -0.497 e. The normalized spacial score (nSPS) is 10.6. The quantitative estimate of drug-likeness (QED) is 0.591. The number of H-pyrrole nitrogens is 1. The standard InChI is InChI=1S/C20H15N5O/c1-26-15-7-5-13(6-8-15)19-18-17(24-25-20(18)22)10-16(23-19)14-4-2-3-12(9-14)11-21/h2-10H,1H3,(H3,22,24,25). The van der Waals surface area contributed by atoms with Crippen LogP contribution in [0.3, 0.4) is 0 Å². The summed E-state index contributed by atoms with van der Waals surface area (Å²) in [4.78, 5) is 4.82. The summed E-state index contributed by atoms with van der Waals surface area (Å²) < 4.78 is 5.23. The van der Waals surface area contributed by atoms with E-state index in [2.05, 4.69) is 16.3 Å². The molecule has 0 aliphatic rings. The van der Waals surface area contributed by atoms with Crippen LogP contribution in [-0.4, -0.2) is 22.3 Å². The Morgan fingerprint density at radius 3 is 2.62 bits per heavy atom. The first-order chi connectivity index (χ1) is 12.7. The number of nitrogens with two attached hydrogens (primary N) is 1. The predicted molar refractivity (Wildman–Crippen MR) is 100 cm³/mol. The van der Waals surface area contributed by atoms with E-state index in [1.165, 1.54) is 0 Å². The molecule has 4 rings (SSSR count). The third kappa shape index (κ3) is 2.62. The Bertz CT molecular complexity index is 1140. The molecule has 4 aromatic rings. The molecule has 3 N–H and O–H groups in total. The molecule has 0 bridgehead atoms. The van der Waals surface area contributed by atoms with Crippen molar-refractivity contribution in [2.45, 2.75) is 0 Å². The van der Waals surface area contributed by atoms with Gasteiger partial charge in [-0.2, -0.15) is 10.4 Å². The molecule has 6 heteroatoms. The van der Waals surface area contributed by atoms with Gasteiger partial charge in [-0.1, -0.05) is 12.1 Å². The van der Waals surface area contributed by atoms with E-state index in [1.807, 2.05) is 48.5 Å². The molecule has 6 nitrogen and oxygen atoms in total. The highest BCUT2D eigenvalue weighted by molar-refractivity contribution is 6.01. The van der Waals surface area contributed by atoms with E-state index < -0.39 is 0 Å². The van der Waals surface area contributed by atoms with Crippen LogP contribution in [0.4, 0.5) is 5.82 Å². The molecule has 2 aromatic heterocycles. The first kappa shape index (κ1) is 15.7. The van der Waals surface area contributed by atoms with Crippen LogP contribution in [0.15, 0.2) is 54.6 Å². The number of hydrogen-bond acceptors (Lipinski definition) is 5. The van der Waals surface area contributed by atoms with Crippen molar-refractivity contribution in [1.29, 1.82) is 5.26 Å². The Morgan fingerprint density at radius 2 is 1.88 bits per heavy atom. The van der Waals surface area contributed by atoms with Gasteiger partial charge in [0.2, 0.25) is 0 Å². The Hall–Kier alpha value is -3.85. The number of aromatic amines is 1. The average molecular weight is 341 g/mol. The molecule has 0 atom stereocenters. The van der Waals surface area contributed by atoms with Gasteiger partial charge in [-0.3, -0.25) is 5.10 Å². The molecule has 0 amide bonds. The van der Waals surface area contributed by atoms with Gasteiger partial charge in [0.25, 0.3) is 0 Å². The number of nitrogens with one attached hydrogen (secondary N) is 1. The maximum Gasteiger partial charge on any atom is 0.155 e. The van der Waals surface area contributed by atoms with Crippen LogP contribution < -0.4 is 10.5 Å². The number of ether oxygens (including phenoxy) is 1. The first-order valence-electron chi connectivity index (χ1n) is 7.99. The zero-order valence-electron chi connectivity index (χ0n) is 14.0. The second-order valence-corrected chi connectivity index (χ2v) is 5.81. The molecule has 126 valence electrons. The van der Waals surface area contributed by atoms with Crippen LogP contribution in [0.1, 0.15) is 5.56 Å². The van der Waals surface area contributed by atoms with Crippen LogP contribution in [0.25, 0.3) is 33.4 Å². The number of pyridine rings is 1. The molecule has 0 fully saturated rings. The van der Waals surface area contributed by atoms with Crippen molar-refractivity contribution in [2.24, 2.45) is 0 Å². The highest BCUT2D eigenvalue weighted by Crippen LogP contribution is 2.34. The summed E-state index contributed by atoms with van der Waals surface area (Å²) in [6.45, 7) is 0. The molecule has 0 unspecified atom stereocenters. The summed E-state index contributed by atoms with van der Waals surface area (Å²) in [6.07, 6.45) is 0. The van der Waals surface area contributed by atoms with Gasteiger partial charge in [-0.05, 0) is 42.5 Å². The number of benzene rings is 2. The van der Waals surface area contributed by atoms with Gasteiger partial charge in [0.05, 0.1) is 41.0 Å². The fraction of sp³-hybridized carbons (Fsp3) is 0.0500. The van der Waals surface area contributed by atoms with Gasteiger partial charge >= 0.3 is 0 Å². The topological polar surface area (TPSA) is 101 Å². The largest absolute Gasteiger partial charge is 0.497 e. The van der Waals surface area contributed by atoms with E-state index in [4.69, 9.17) is 20.7 Å². The number of aromatic nitrogens is 3. The van der Waals surface area contributed by atoms with E-state index in [0.717, 1.165) is 39.2 Å². The second kappa shape index (κ2) is 6.22. The van der Waals surface area contributed by atoms with Crippen LogP contribution in [0.2, 0.25) is 0 Å². The van der Waals surface area contributed by atoms with Crippen LogP contribution in [0, 0.1) is 11.3 Å². The van der Waals surface area contributed by atoms with Crippen LogP contribution in [-0.2, 0) is 0 Å². The van der Waals surface area contributed by atoms with Crippen molar-refractivity contribution >= 4 is 16.7 Å². The first-order valence-corrected chi connectivity index (χ1v) is 7.99. The summed E-state index contributed by atoms with van der Waals surface area (Å²) >= 11 is 0. The van der Waals surface area contributed by atoms with E-state index in [9.17, 15) is 0 Å². The van der Waals surface area contributed by atoms with Crippen molar-refractivity contribution in [3.63, 3.8) is 0 Å². The van der Waals surface area contributed by atoms with Crippen molar-refractivity contribution in [3.8, 4) is 34.3 Å². The summed E-state index contributed by atoms with van der Waals surface area (Å²) in [5.41, 5.74) is 10.7. The van der Waals surface area contributed by atoms with Crippen LogP contribution in [0.5, 0.6) is 5.75 Å².